The first-order valence-corrected chi connectivity index (χ1v) is 12.5. The van der Waals surface area contributed by atoms with E-state index in [1.165, 1.54) is 0 Å². The van der Waals surface area contributed by atoms with Gasteiger partial charge >= 0.3 is 11.9 Å². The molecule has 214 valence electrons. The van der Waals surface area contributed by atoms with Gasteiger partial charge < -0.3 is 47.7 Å². The van der Waals surface area contributed by atoms with E-state index in [9.17, 15) is 34.2 Å². The number of carbonyl (C=O) groups is 5. The number of carboxylic acid groups (broad SMARTS) is 2. The highest BCUT2D eigenvalue weighted by atomic mass is 16.4. The van der Waals surface area contributed by atoms with Gasteiger partial charge in [-0.15, -0.1) is 0 Å². The fourth-order valence-corrected chi connectivity index (χ4v) is 3.92. The standard InChI is InChI=1S/C25H36N6O8/c26-10-4-3-7-19(25(38)39)30-23(36)18(8-9-21(33)34)29-24(37)20(31-22(35)16(27)13-32)11-14-12-28-17-6-2-1-5-15(14)17/h1-2,5-6,12,16,18-20,28,32H,3-4,7-11,13,26-27H2,(H,29,37)(H,30,36)(H,31,35)(H,33,34)(H,38,39). The molecule has 0 spiro atoms. The lowest BCUT2D eigenvalue weighted by molar-refractivity contribution is -0.143. The summed E-state index contributed by atoms with van der Waals surface area (Å²) in [4.78, 5) is 64.7. The molecule has 0 aliphatic heterocycles. The molecule has 0 aliphatic rings. The number of nitrogens with two attached hydrogens (primary N) is 2. The molecule has 14 heteroatoms. The number of rotatable bonds is 17. The van der Waals surface area contributed by atoms with Crippen molar-refractivity contribution < 1.29 is 39.3 Å². The number of carboxylic acids is 2. The minimum Gasteiger partial charge on any atom is -0.481 e. The fraction of sp³-hybridized carbons (Fsp3) is 0.480. The van der Waals surface area contributed by atoms with Crippen molar-refractivity contribution in [2.75, 3.05) is 13.2 Å². The molecule has 0 bridgehead atoms. The number of benzene rings is 1. The molecular weight excluding hydrogens is 512 g/mol. The Kier molecular flexibility index (Phi) is 12.3. The predicted molar refractivity (Wildman–Crippen MR) is 140 cm³/mol. The van der Waals surface area contributed by atoms with E-state index in [-0.39, 0.29) is 19.3 Å². The molecule has 1 aromatic carbocycles. The maximum absolute atomic E-state index is 13.3. The summed E-state index contributed by atoms with van der Waals surface area (Å²) in [6, 6.07) is 2.03. The van der Waals surface area contributed by atoms with Crippen molar-refractivity contribution in [3.05, 3.63) is 36.0 Å². The van der Waals surface area contributed by atoms with Crippen LogP contribution in [0.25, 0.3) is 10.9 Å². The predicted octanol–water partition coefficient (Wildman–Crippen LogP) is -1.44. The Bertz CT molecular complexity index is 1150. The van der Waals surface area contributed by atoms with Gasteiger partial charge in [-0.05, 0) is 43.9 Å². The molecular formula is C25H36N6O8. The average Bonchev–Trinajstić information content (AvgIpc) is 3.31. The molecule has 39 heavy (non-hydrogen) atoms. The Morgan fingerprint density at radius 3 is 2.15 bits per heavy atom. The number of aromatic nitrogens is 1. The van der Waals surface area contributed by atoms with E-state index in [1.54, 1.807) is 12.3 Å². The number of amides is 3. The zero-order valence-electron chi connectivity index (χ0n) is 21.4. The van der Waals surface area contributed by atoms with Crippen LogP contribution >= 0.6 is 0 Å². The number of aliphatic hydroxyl groups is 1. The molecule has 3 amide bonds. The number of aromatic amines is 1. The molecule has 2 rings (SSSR count). The van der Waals surface area contributed by atoms with E-state index in [1.807, 2.05) is 18.2 Å². The first-order valence-electron chi connectivity index (χ1n) is 12.5. The monoisotopic (exact) mass is 548 g/mol. The second-order valence-electron chi connectivity index (χ2n) is 9.09. The minimum atomic E-state index is -1.40. The molecule has 0 aliphatic carbocycles. The molecule has 0 fully saturated rings. The highest BCUT2D eigenvalue weighted by Gasteiger charge is 2.31. The molecule has 4 atom stereocenters. The number of para-hydroxylation sites is 1. The third-order valence-electron chi connectivity index (χ3n) is 6.11. The van der Waals surface area contributed by atoms with Gasteiger partial charge in [0.15, 0.2) is 0 Å². The highest BCUT2D eigenvalue weighted by molar-refractivity contribution is 5.95. The number of unbranched alkanes of at least 4 members (excludes halogenated alkanes) is 1. The molecule has 1 heterocycles. The summed E-state index contributed by atoms with van der Waals surface area (Å²) in [5, 5.41) is 35.9. The van der Waals surface area contributed by atoms with E-state index in [2.05, 4.69) is 20.9 Å². The van der Waals surface area contributed by atoms with Gasteiger partial charge in [-0.25, -0.2) is 4.79 Å². The topological polar surface area (TPSA) is 250 Å². The molecule has 0 radical (unpaired) electrons. The molecule has 4 unspecified atom stereocenters. The quantitative estimate of drug-likeness (QED) is 0.104. The number of fused-ring (bicyclic) bond motifs is 1. The Morgan fingerprint density at radius 1 is 0.872 bits per heavy atom. The number of hydrogen-bond donors (Lipinski definition) is 9. The lowest BCUT2D eigenvalue weighted by atomic mass is 10.0. The number of nitrogens with one attached hydrogen (secondary N) is 4. The van der Waals surface area contributed by atoms with Crippen LogP contribution in [-0.4, -0.2) is 87.3 Å². The Morgan fingerprint density at radius 2 is 1.51 bits per heavy atom. The maximum atomic E-state index is 13.3. The number of hydrogen-bond acceptors (Lipinski definition) is 8. The van der Waals surface area contributed by atoms with Gasteiger partial charge in [0, 0.05) is 29.9 Å². The summed E-state index contributed by atoms with van der Waals surface area (Å²) >= 11 is 0. The summed E-state index contributed by atoms with van der Waals surface area (Å²) in [6.45, 7) is -0.321. The zero-order valence-corrected chi connectivity index (χ0v) is 21.4. The normalized spacial score (nSPS) is 14.1. The van der Waals surface area contributed by atoms with E-state index in [0.717, 1.165) is 10.9 Å². The summed E-state index contributed by atoms with van der Waals surface area (Å²) in [5.41, 5.74) is 12.5. The summed E-state index contributed by atoms with van der Waals surface area (Å²) in [6.07, 6.45) is 1.90. The SMILES string of the molecule is NCCCCC(NC(=O)C(CCC(=O)O)NC(=O)C(Cc1c[nH]c2ccccc12)NC(=O)C(N)CO)C(=O)O. The fourth-order valence-electron chi connectivity index (χ4n) is 3.92. The van der Waals surface area contributed by atoms with E-state index in [4.69, 9.17) is 16.6 Å². The van der Waals surface area contributed by atoms with Crippen LogP contribution in [0.2, 0.25) is 0 Å². The maximum Gasteiger partial charge on any atom is 0.326 e. The lowest BCUT2D eigenvalue weighted by Gasteiger charge is -2.25. The van der Waals surface area contributed by atoms with Crippen LogP contribution in [0.5, 0.6) is 0 Å². The van der Waals surface area contributed by atoms with Crippen molar-refractivity contribution in [3.63, 3.8) is 0 Å². The second-order valence-corrected chi connectivity index (χ2v) is 9.09. The third-order valence-corrected chi connectivity index (χ3v) is 6.11. The molecule has 14 nitrogen and oxygen atoms in total. The van der Waals surface area contributed by atoms with Crippen LogP contribution in [0.4, 0.5) is 0 Å². The molecule has 1 aromatic heterocycles. The van der Waals surface area contributed by atoms with E-state index in [0.29, 0.717) is 24.9 Å². The van der Waals surface area contributed by atoms with Crippen LogP contribution in [0.15, 0.2) is 30.5 Å². The minimum absolute atomic E-state index is 0.0240. The Hall–Kier alpha value is -4.01. The van der Waals surface area contributed by atoms with Crippen molar-refractivity contribution >= 4 is 40.6 Å². The van der Waals surface area contributed by atoms with Gasteiger partial charge in [0.1, 0.15) is 24.2 Å². The molecule has 0 saturated carbocycles. The van der Waals surface area contributed by atoms with Gasteiger partial charge in [0.25, 0.3) is 0 Å². The van der Waals surface area contributed by atoms with E-state index >= 15 is 0 Å². The lowest BCUT2D eigenvalue weighted by Crippen LogP contribution is -2.58. The van der Waals surface area contributed by atoms with Crippen molar-refractivity contribution in [3.8, 4) is 0 Å². The number of aliphatic carboxylic acids is 2. The Balaban J connectivity index is 2.27. The average molecular weight is 549 g/mol. The summed E-state index contributed by atoms with van der Waals surface area (Å²) in [7, 11) is 0. The first-order chi connectivity index (χ1) is 18.6. The van der Waals surface area contributed by atoms with Crippen LogP contribution < -0.4 is 27.4 Å². The summed E-state index contributed by atoms with van der Waals surface area (Å²) < 4.78 is 0. The summed E-state index contributed by atoms with van der Waals surface area (Å²) in [5.74, 6) is -5.02. The Labute approximate surface area is 224 Å². The van der Waals surface area contributed by atoms with Crippen LogP contribution in [0, 0.1) is 0 Å². The van der Waals surface area contributed by atoms with Crippen LogP contribution in [-0.2, 0) is 30.4 Å². The van der Waals surface area contributed by atoms with Crippen molar-refractivity contribution in [2.45, 2.75) is 62.7 Å². The van der Waals surface area contributed by atoms with Gasteiger partial charge in [0.05, 0.1) is 6.61 Å². The molecule has 11 N–H and O–H groups in total. The third kappa shape index (κ3) is 9.67. The van der Waals surface area contributed by atoms with Gasteiger partial charge in [0.2, 0.25) is 17.7 Å². The van der Waals surface area contributed by atoms with Crippen molar-refractivity contribution in [1.29, 1.82) is 0 Å². The highest BCUT2D eigenvalue weighted by Crippen LogP contribution is 2.19. The van der Waals surface area contributed by atoms with Gasteiger partial charge in [-0.3, -0.25) is 19.2 Å². The van der Waals surface area contributed by atoms with Crippen molar-refractivity contribution in [1.82, 2.24) is 20.9 Å². The smallest absolute Gasteiger partial charge is 0.326 e. The number of carbonyl (C=O) groups excluding carboxylic acids is 3. The number of H-pyrrole nitrogens is 1. The zero-order chi connectivity index (χ0) is 28.9. The second kappa shape index (κ2) is 15.4. The van der Waals surface area contributed by atoms with Gasteiger partial charge in [-0.1, -0.05) is 18.2 Å². The van der Waals surface area contributed by atoms with Crippen LogP contribution in [0.3, 0.4) is 0 Å². The number of aliphatic hydroxyl groups excluding tert-OH is 1. The molecule has 2 aromatic rings. The molecule has 0 saturated heterocycles. The van der Waals surface area contributed by atoms with Crippen molar-refractivity contribution in [2.24, 2.45) is 11.5 Å². The van der Waals surface area contributed by atoms with E-state index < -0.39 is 66.9 Å². The van der Waals surface area contributed by atoms with Crippen LogP contribution in [0.1, 0.15) is 37.7 Å². The largest absolute Gasteiger partial charge is 0.481 e. The van der Waals surface area contributed by atoms with Gasteiger partial charge in [-0.2, -0.15) is 0 Å². The first kappa shape index (κ1) is 31.2.